The van der Waals surface area contributed by atoms with Crippen molar-refractivity contribution in [2.75, 3.05) is 13.7 Å². The second kappa shape index (κ2) is 10.7. The zero-order chi connectivity index (χ0) is 19.8. The Kier molecular flexibility index (Phi) is 7.99. The first kappa shape index (κ1) is 20.9. The summed E-state index contributed by atoms with van der Waals surface area (Å²) >= 11 is 3.69. The molecule has 0 aromatic heterocycles. The summed E-state index contributed by atoms with van der Waals surface area (Å²) in [5.41, 5.74) is 5.09. The highest BCUT2D eigenvalue weighted by atomic mass is 79.9. The zero-order valence-electron chi connectivity index (χ0n) is 16.9. The molecule has 2 aromatic rings. The van der Waals surface area contributed by atoms with E-state index in [1.807, 2.05) is 12.1 Å². The molecule has 4 heteroatoms. The Morgan fingerprint density at radius 3 is 2.79 bits per heavy atom. The summed E-state index contributed by atoms with van der Waals surface area (Å²) in [6.45, 7) is 4.34. The Labute approximate surface area is 177 Å². The monoisotopic (exact) mass is 443 g/mol. The molecule has 0 amide bonds. The molecule has 0 unspecified atom stereocenters. The number of methoxy groups -OCH3 is 1. The second-order valence-electron chi connectivity index (χ2n) is 7.37. The third-order valence-electron chi connectivity index (χ3n) is 5.16. The number of aryl methyl sites for hydroxylation is 1. The fraction of sp³-hybridized carbons (Fsp3) is 0.417. The maximum atomic E-state index is 6.22. The zero-order valence-corrected chi connectivity index (χ0v) is 18.5. The predicted molar refractivity (Wildman–Crippen MR) is 119 cm³/mol. The van der Waals surface area contributed by atoms with Crippen LogP contribution >= 0.6 is 15.9 Å². The van der Waals surface area contributed by atoms with E-state index in [2.05, 4.69) is 58.5 Å². The molecule has 3 rings (SSSR count). The summed E-state index contributed by atoms with van der Waals surface area (Å²) in [5.74, 6) is 1.57. The van der Waals surface area contributed by atoms with Gasteiger partial charge in [0.25, 0.3) is 0 Å². The Morgan fingerprint density at radius 1 is 1.14 bits per heavy atom. The van der Waals surface area contributed by atoms with Gasteiger partial charge in [0.2, 0.25) is 0 Å². The lowest BCUT2D eigenvalue weighted by atomic mass is 9.97. The molecule has 150 valence electrons. The number of benzene rings is 2. The minimum atomic E-state index is 0.522. The van der Waals surface area contributed by atoms with Gasteiger partial charge in [0.1, 0.15) is 6.61 Å². The summed E-state index contributed by atoms with van der Waals surface area (Å²) < 4.78 is 12.8. The van der Waals surface area contributed by atoms with Gasteiger partial charge < -0.3 is 14.8 Å². The van der Waals surface area contributed by atoms with Crippen LogP contribution in [0.2, 0.25) is 0 Å². The molecule has 0 fully saturated rings. The maximum absolute atomic E-state index is 6.22. The average molecular weight is 444 g/mol. The van der Waals surface area contributed by atoms with Crippen molar-refractivity contribution < 1.29 is 9.47 Å². The number of halogens is 1. The number of allylic oxidation sites excluding steroid dienone is 1. The molecule has 0 radical (unpaired) electrons. The molecule has 0 saturated carbocycles. The second-order valence-corrected chi connectivity index (χ2v) is 8.22. The molecule has 3 nitrogen and oxygen atoms in total. The van der Waals surface area contributed by atoms with Crippen molar-refractivity contribution in [2.24, 2.45) is 0 Å². The van der Waals surface area contributed by atoms with Crippen LogP contribution in [-0.2, 0) is 13.2 Å². The van der Waals surface area contributed by atoms with E-state index in [1.165, 1.54) is 31.2 Å². The van der Waals surface area contributed by atoms with Crippen LogP contribution in [0.15, 0.2) is 52.5 Å². The molecule has 0 spiro atoms. The van der Waals surface area contributed by atoms with Crippen molar-refractivity contribution in [1.82, 2.24) is 5.32 Å². The van der Waals surface area contributed by atoms with Gasteiger partial charge in [0, 0.05) is 16.6 Å². The van der Waals surface area contributed by atoms with Crippen molar-refractivity contribution in [3.8, 4) is 11.5 Å². The van der Waals surface area contributed by atoms with Crippen molar-refractivity contribution in [3.05, 3.63) is 69.2 Å². The summed E-state index contributed by atoms with van der Waals surface area (Å²) in [6.07, 6.45) is 8.73. The van der Waals surface area contributed by atoms with E-state index in [0.717, 1.165) is 46.6 Å². The highest BCUT2D eigenvalue weighted by Gasteiger charge is 2.15. The Hall–Kier alpha value is -1.78. The Bertz CT molecular complexity index is 816. The smallest absolute Gasteiger partial charge is 0.167 e. The third-order valence-corrected chi connectivity index (χ3v) is 5.91. The van der Waals surface area contributed by atoms with Gasteiger partial charge in [-0.15, -0.1) is 0 Å². The minimum Gasteiger partial charge on any atom is -0.493 e. The number of nitrogens with one attached hydrogen (secondary N) is 1. The van der Waals surface area contributed by atoms with E-state index in [-0.39, 0.29) is 0 Å². The molecule has 0 heterocycles. The lowest BCUT2D eigenvalue weighted by Gasteiger charge is -2.18. The highest BCUT2D eigenvalue weighted by molar-refractivity contribution is 9.10. The van der Waals surface area contributed by atoms with Crippen LogP contribution in [0, 0.1) is 6.92 Å². The first-order chi connectivity index (χ1) is 13.7. The standard InChI is InChI=1S/C24H30BrNO2/c1-18-7-6-10-20(15-18)17-28-24-21(22(25)11-12-23(24)27-2)16-26-14-13-19-8-4-3-5-9-19/h6-8,10-12,15,26H,3-5,9,13-14,16-17H2,1-2H3. The van der Waals surface area contributed by atoms with Crippen LogP contribution in [0.1, 0.15) is 48.8 Å². The molecular formula is C24H30BrNO2. The van der Waals surface area contributed by atoms with E-state index in [9.17, 15) is 0 Å². The number of hydrogen-bond acceptors (Lipinski definition) is 3. The summed E-state index contributed by atoms with van der Waals surface area (Å²) in [5, 5.41) is 3.58. The van der Waals surface area contributed by atoms with Crippen molar-refractivity contribution in [1.29, 1.82) is 0 Å². The summed E-state index contributed by atoms with van der Waals surface area (Å²) in [7, 11) is 1.69. The molecule has 0 atom stereocenters. The third kappa shape index (κ3) is 5.86. The quantitative estimate of drug-likeness (QED) is 0.362. The van der Waals surface area contributed by atoms with Gasteiger partial charge in [-0.25, -0.2) is 0 Å². The number of rotatable bonds is 9. The van der Waals surface area contributed by atoms with Gasteiger partial charge in [0.05, 0.1) is 7.11 Å². The van der Waals surface area contributed by atoms with Crippen LogP contribution < -0.4 is 14.8 Å². The van der Waals surface area contributed by atoms with Gasteiger partial charge in [-0.1, -0.05) is 57.4 Å². The van der Waals surface area contributed by atoms with Gasteiger partial charge in [-0.3, -0.25) is 0 Å². The highest BCUT2D eigenvalue weighted by Crippen LogP contribution is 2.37. The number of ether oxygens (including phenoxy) is 2. The average Bonchev–Trinajstić information content (AvgIpc) is 2.71. The topological polar surface area (TPSA) is 30.5 Å². The fourth-order valence-electron chi connectivity index (χ4n) is 3.62. The lowest BCUT2D eigenvalue weighted by Crippen LogP contribution is -2.17. The normalized spacial score (nSPS) is 13.9. The molecular weight excluding hydrogens is 414 g/mol. The molecule has 1 N–H and O–H groups in total. The van der Waals surface area contributed by atoms with Crippen LogP contribution in [0.3, 0.4) is 0 Å². The Balaban J connectivity index is 1.66. The van der Waals surface area contributed by atoms with E-state index in [0.29, 0.717) is 6.61 Å². The first-order valence-electron chi connectivity index (χ1n) is 10.1. The van der Waals surface area contributed by atoms with E-state index < -0.39 is 0 Å². The maximum Gasteiger partial charge on any atom is 0.167 e. The molecule has 2 aromatic carbocycles. The molecule has 0 saturated heterocycles. The summed E-state index contributed by atoms with van der Waals surface area (Å²) in [4.78, 5) is 0. The Morgan fingerprint density at radius 2 is 2.04 bits per heavy atom. The molecule has 0 bridgehead atoms. The van der Waals surface area contributed by atoms with E-state index >= 15 is 0 Å². The molecule has 28 heavy (non-hydrogen) atoms. The number of hydrogen-bond donors (Lipinski definition) is 1. The van der Waals surface area contributed by atoms with E-state index in [1.54, 1.807) is 12.7 Å². The fourth-order valence-corrected chi connectivity index (χ4v) is 4.07. The lowest BCUT2D eigenvalue weighted by molar-refractivity contribution is 0.280. The van der Waals surface area contributed by atoms with E-state index in [4.69, 9.17) is 9.47 Å². The van der Waals surface area contributed by atoms with Gasteiger partial charge in [-0.05, 0) is 63.3 Å². The van der Waals surface area contributed by atoms with Crippen LogP contribution in [0.4, 0.5) is 0 Å². The van der Waals surface area contributed by atoms with Crippen LogP contribution in [-0.4, -0.2) is 13.7 Å². The molecule has 0 aliphatic heterocycles. The largest absolute Gasteiger partial charge is 0.493 e. The van der Waals surface area contributed by atoms with Crippen LogP contribution in [0.5, 0.6) is 11.5 Å². The van der Waals surface area contributed by atoms with Crippen molar-refractivity contribution in [2.45, 2.75) is 52.2 Å². The predicted octanol–water partition coefficient (Wildman–Crippen LogP) is 6.33. The van der Waals surface area contributed by atoms with Gasteiger partial charge >= 0.3 is 0 Å². The molecule has 1 aliphatic rings. The minimum absolute atomic E-state index is 0.522. The van der Waals surface area contributed by atoms with Gasteiger partial charge in [0.15, 0.2) is 11.5 Å². The van der Waals surface area contributed by atoms with Crippen molar-refractivity contribution in [3.63, 3.8) is 0 Å². The first-order valence-corrected chi connectivity index (χ1v) is 10.9. The molecule has 1 aliphatic carbocycles. The van der Waals surface area contributed by atoms with Crippen LogP contribution in [0.25, 0.3) is 0 Å². The van der Waals surface area contributed by atoms with Crippen molar-refractivity contribution >= 4 is 15.9 Å². The SMILES string of the molecule is COc1ccc(Br)c(CNCCC2=CCCCC2)c1OCc1cccc(C)c1. The summed E-state index contributed by atoms with van der Waals surface area (Å²) in [6, 6.07) is 12.4. The van der Waals surface area contributed by atoms with Gasteiger partial charge in [-0.2, -0.15) is 0 Å².